The predicted octanol–water partition coefficient (Wildman–Crippen LogP) is 3.61. The van der Waals surface area contributed by atoms with Gasteiger partial charge in [0.2, 0.25) is 0 Å². The van der Waals surface area contributed by atoms with E-state index in [1.807, 2.05) is 0 Å². The number of aromatic nitrogens is 1. The van der Waals surface area contributed by atoms with E-state index in [0.29, 0.717) is 37.3 Å². The number of amides is 1. The lowest BCUT2D eigenvalue weighted by Crippen LogP contribution is -2.48. The average molecular weight is 400 g/mol. The fourth-order valence-corrected chi connectivity index (χ4v) is 4.39. The van der Waals surface area contributed by atoms with Crippen LogP contribution in [0, 0.1) is 22.9 Å². The lowest BCUT2D eigenvalue weighted by atomic mass is 10.1. The van der Waals surface area contributed by atoms with Crippen molar-refractivity contribution in [2.45, 2.75) is 6.92 Å². The van der Waals surface area contributed by atoms with Gasteiger partial charge in [0.1, 0.15) is 5.82 Å². The molecule has 2 aromatic carbocycles. The predicted molar refractivity (Wildman–Crippen MR) is 106 cm³/mol. The highest BCUT2D eigenvalue weighted by atomic mass is 32.1. The maximum absolute atomic E-state index is 13.4. The number of hydrogen-bond donors (Lipinski definition) is 0. The number of hydrogen-bond acceptors (Lipinski definition) is 6. The highest BCUT2D eigenvalue weighted by Crippen LogP contribution is 2.30. The molecule has 0 saturated carbocycles. The molecule has 2 heterocycles. The van der Waals surface area contributed by atoms with Crippen LogP contribution in [0.1, 0.15) is 15.9 Å². The molecule has 1 aliphatic rings. The van der Waals surface area contributed by atoms with E-state index in [4.69, 9.17) is 0 Å². The molecule has 0 spiro atoms. The van der Waals surface area contributed by atoms with Gasteiger partial charge < -0.3 is 9.80 Å². The molecule has 0 radical (unpaired) electrons. The Hall–Kier alpha value is -3.07. The van der Waals surface area contributed by atoms with Gasteiger partial charge in [0.15, 0.2) is 5.13 Å². The van der Waals surface area contributed by atoms with Gasteiger partial charge in [-0.3, -0.25) is 14.9 Å². The van der Waals surface area contributed by atoms with Gasteiger partial charge in [0.05, 0.1) is 15.1 Å². The van der Waals surface area contributed by atoms with Gasteiger partial charge in [-0.2, -0.15) is 0 Å². The SMILES string of the molecule is Cc1c(C(=O)N2CCN(c3nc4ccc(F)cc4s3)CC2)cccc1[N+](=O)[O-]. The maximum atomic E-state index is 13.4. The molecule has 28 heavy (non-hydrogen) atoms. The Morgan fingerprint density at radius 2 is 1.96 bits per heavy atom. The smallest absolute Gasteiger partial charge is 0.273 e. The van der Waals surface area contributed by atoms with Crippen LogP contribution in [0.3, 0.4) is 0 Å². The third-order valence-electron chi connectivity index (χ3n) is 4.91. The van der Waals surface area contributed by atoms with E-state index in [1.165, 1.54) is 35.6 Å². The summed E-state index contributed by atoms with van der Waals surface area (Å²) in [6, 6.07) is 9.09. The van der Waals surface area contributed by atoms with Crippen molar-refractivity contribution in [2.75, 3.05) is 31.1 Å². The second-order valence-corrected chi connectivity index (χ2v) is 7.60. The Morgan fingerprint density at radius 1 is 1.21 bits per heavy atom. The molecule has 1 aliphatic heterocycles. The molecule has 0 unspecified atom stereocenters. The molecule has 1 aromatic heterocycles. The lowest BCUT2D eigenvalue weighted by Gasteiger charge is -2.34. The number of carbonyl (C=O) groups excluding carboxylic acids is 1. The van der Waals surface area contributed by atoms with Gasteiger partial charge in [-0.05, 0) is 31.2 Å². The molecule has 4 rings (SSSR count). The first-order valence-electron chi connectivity index (χ1n) is 8.78. The van der Waals surface area contributed by atoms with Gasteiger partial charge >= 0.3 is 0 Å². The fourth-order valence-electron chi connectivity index (χ4n) is 3.35. The van der Waals surface area contributed by atoms with Crippen molar-refractivity contribution in [2.24, 2.45) is 0 Å². The molecule has 144 valence electrons. The maximum Gasteiger partial charge on any atom is 0.273 e. The summed E-state index contributed by atoms with van der Waals surface area (Å²) in [7, 11) is 0. The van der Waals surface area contributed by atoms with Crippen molar-refractivity contribution in [3.8, 4) is 0 Å². The zero-order valence-electron chi connectivity index (χ0n) is 15.1. The summed E-state index contributed by atoms with van der Waals surface area (Å²) in [5, 5.41) is 11.9. The molecular formula is C19H17FN4O3S. The number of rotatable bonds is 3. The van der Waals surface area contributed by atoms with Gasteiger partial charge in [-0.25, -0.2) is 9.37 Å². The Balaban J connectivity index is 1.48. The number of fused-ring (bicyclic) bond motifs is 1. The quantitative estimate of drug-likeness (QED) is 0.496. The van der Waals surface area contributed by atoms with Crippen LogP contribution < -0.4 is 4.90 Å². The van der Waals surface area contributed by atoms with Crippen LogP contribution in [0.25, 0.3) is 10.2 Å². The largest absolute Gasteiger partial charge is 0.345 e. The lowest BCUT2D eigenvalue weighted by molar-refractivity contribution is -0.385. The van der Waals surface area contributed by atoms with Crippen LogP contribution in [0.5, 0.6) is 0 Å². The van der Waals surface area contributed by atoms with Crippen molar-refractivity contribution in [1.82, 2.24) is 9.88 Å². The van der Waals surface area contributed by atoms with E-state index >= 15 is 0 Å². The molecular weight excluding hydrogens is 383 g/mol. The third kappa shape index (κ3) is 3.29. The summed E-state index contributed by atoms with van der Waals surface area (Å²) < 4.78 is 14.2. The molecule has 0 aliphatic carbocycles. The topological polar surface area (TPSA) is 79.6 Å². The minimum atomic E-state index is -0.472. The van der Waals surface area contributed by atoms with Crippen molar-refractivity contribution < 1.29 is 14.1 Å². The van der Waals surface area contributed by atoms with Crippen molar-refractivity contribution in [3.63, 3.8) is 0 Å². The van der Waals surface area contributed by atoms with E-state index in [0.717, 1.165) is 15.3 Å². The molecule has 1 amide bonds. The number of halogens is 1. The van der Waals surface area contributed by atoms with Gasteiger partial charge in [-0.15, -0.1) is 0 Å². The van der Waals surface area contributed by atoms with Gasteiger partial charge in [0, 0.05) is 43.4 Å². The minimum Gasteiger partial charge on any atom is -0.345 e. The van der Waals surface area contributed by atoms with E-state index in [2.05, 4.69) is 9.88 Å². The standard InChI is InChI=1S/C19H17FN4O3S/c1-12-14(3-2-4-16(12)24(26)27)18(25)22-7-9-23(10-8-22)19-21-15-6-5-13(20)11-17(15)28-19/h2-6,11H,7-10H2,1H3. The van der Waals surface area contributed by atoms with Crippen molar-refractivity contribution in [3.05, 3.63) is 63.5 Å². The molecule has 3 aromatic rings. The summed E-state index contributed by atoms with van der Waals surface area (Å²) in [5.41, 5.74) is 1.45. The first kappa shape index (κ1) is 18.3. The molecule has 7 nitrogen and oxygen atoms in total. The monoisotopic (exact) mass is 400 g/mol. The molecule has 1 fully saturated rings. The summed E-state index contributed by atoms with van der Waals surface area (Å²) in [6.07, 6.45) is 0. The van der Waals surface area contributed by atoms with Crippen LogP contribution in [-0.4, -0.2) is 46.9 Å². The van der Waals surface area contributed by atoms with E-state index in [-0.39, 0.29) is 17.4 Å². The Morgan fingerprint density at radius 3 is 2.68 bits per heavy atom. The zero-order valence-corrected chi connectivity index (χ0v) is 15.9. The van der Waals surface area contributed by atoms with Crippen molar-refractivity contribution in [1.29, 1.82) is 0 Å². The fraction of sp³-hybridized carbons (Fsp3) is 0.263. The molecule has 0 N–H and O–H groups in total. The average Bonchev–Trinajstić information content (AvgIpc) is 3.10. The zero-order chi connectivity index (χ0) is 19.8. The minimum absolute atomic E-state index is 0.0498. The third-order valence-corrected chi connectivity index (χ3v) is 5.99. The molecule has 0 bridgehead atoms. The number of carbonyl (C=O) groups is 1. The van der Waals surface area contributed by atoms with Crippen molar-refractivity contribution >= 4 is 38.3 Å². The van der Waals surface area contributed by atoms with Crippen LogP contribution >= 0.6 is 11.3 Å². The van der Waals surface area contributed by atoms with Crippen LogP contribution in [-0.2, 0) is 0 Å². The number of benzene rings is 2. The number of nitro benzene ring substituents is 1. The molecule has 0 atom stereocenters. The second-order valence-electron chi connectivity index (χ2n) is 6.59. The first-order chi connectivity index (χ1) is 13.4. The number of anilines is 1. The first-order valence-corrected chi connectivity index (χ1v) is 9.60. The number of piperazine rings is 1. The van der Waals surface area contributed by atoms with Gasteiger partial charge in [-0.1, -0.05) is 17.4 Å². The highest BCUT2D eigenvalue weighted by Gasteiger charge is 2.26. The number of nitro groups is 1. The van der Waals surface area contributed by atoms with Crippen LogP contribution in [0.2, 0.25) is 0 Å². The molecule has 9 heteroatoms. The molecule has 1 saturated heterocycles. The van der Waals surface area contributed by atoms with E-state index < -0.39 is 4.92 Å². The summed E-state index contributed by atoms with van der Waals surface area (Å²) in [4.78, 5) is 31.8. The van der Waals surface area contributed by atoms with E-state index in [9.17, 15) is 19.3 Å². The second kappa shape index (κ2) is 7.16. The van der Waals surface area contributed by atoms with Crippen LogP contribution in [0.4, 0.5) is 15.2 Å². The normalized spacial score (nSPS) is 14.5. The van der Waals surface area contributed by atoms with Crippen LogP contribution in [0.15, 0.2) is 36.4 Å². The van der Waals surface area contributed by atoms with E-state index in [1.54, 1.807) is 24.0 Å². The summed E-state index contributed by atoms with van der Waals surface area (Å²) in [6.45, 7) is 3.78. The Bertz CT molecular complexity index is 1080. The van der Waals surface area contributed by atoms with Gasteiger partial charge in [0.25, 0.3) is 11.6 Å². The Kier molecular flexibility index (Phi) is 4.68. The number of nitrogens with zero attached hydrogens (tertiary/aromatic N) is 4. The number of thiazole rings is 1. The Labute approximate surface area is 164 Å². The summed E-state index contributed by atoms with van der Waals surface area (Å²) in [5.74, 6) is -0.488. The highest BCUT2D eigenvalue weighted by molar-refractivity contribution is 7.22. The summed E-state index contributed by atoms with van der Waals surface area (Å²) >= 11 is 1.43.